The smallest absolute Gasteiger partial charge is 0.306 e. The molecule has 0 bridgehead atoms. The zero-order valence-electron chi connectivity index (χ0n) is 32.1. The maximum atomic E-state index is 12.6. The van der Waals surface area contributed by atoms with Crippen LogP contribution in [0.4, 0.5) is 0 Å². The number of hydrogen-bond acceptors (Lipinski definition) is 8. The number of carbonyl (C=O) groups excluding carboxylic acids is 2. The number of ether oxygens (including phenoxy) is 2. The first-order chi connectivity index (χ1) is 24.0. The van der Waals surface area contributed by atoms with E-state index in [1.807, 2.05) is 51.5 Å². The summed E-state index contributed by atoms with van der Waals surface area (Å²) in [6, 6.07) is 0. The minimum absolute atomic E-state index is 0.0464. The van der Waals surface area contributed by atoms with Crippen molar-refractivity contribution in [2.45, 2.75) is 136 Å². The molecule has 0 aliphatic rings. The minimum atomic E-state index is -4.64. The molecular weight excluding hydrogens is 653 g/mol. The zero-order valence-corrected chi connectivity index (χ0v) is 33.0. The van der Waals surface area contributed by atoms with Crippen LogP contribution in [0.1, 0.15) is 129 Å². The number of hydrogen-bond donors (Lipinski definition) is 0. The summed E-state index contributed by atoms with van der Waals surface area (Å²) in [6.45, 7) is 3.96. The first-order valence-corrected chi connectivity index (χ1v) is 20.5. The predicted molar refractivity (Wildman–Crippen MR) is 203 cm³/mol. The molecule has 0 aliphatic heterocycles. The molecule has 2 unspecified atom stereocenters. The van der Waals surface area contributed by atoms with E-state index >= 15 is 0 Å². The van der Waals surface area contributed by atoms with Gasteiger partial charge in [-0.25, -0.2) is 0 Å². The number of phosphoric ester groups is 1. The number of carbonyl (C=O) groups is 2. The Balaban J connectivity index is 4.57. The maximum absolute atomic E-state index is 12.6. The summed E-state index contributed by atoms with van der Waals surface area (Å²) in [7, 11) is 1.11. The van der Waals surface area contributed by atoms with Gasteiger partial charge in [0.25, 0.3) is 7.82 Å². The van der Waals surface area contributed by atoms with Crippen molar-refractivity contribution in [1.29, 1.82) is 0 Å². The fourth-order valence-electron chi connectivity index (χ4n) is 4.59. The van der Waals surface area contributed by atoms with E-state index in [1.165, 1.54) is 38.5 Å². The highest BCUT2D eigenvalue weighted by Crippen LogP contribution is 2.38. The Hall–Kier alpha value is -2.29. The second kappa shape index (κ2) is 32.6. The molecule has 9 nitrogen and oxygen atoms in total. The molecule has 10 heteroatoms. The summed E-state index contributed by atoms with van der Waals surface area (Å²) in [6.07, 6.45) is 37.0. The van der Waals surface area contributed by atoms with Crippen LogP contribution in [0.2, 0.25) is 0 Å². The van der Waals surface area contributed by atoms with Crippen LogP contribution in [-0.4, -0.2) is 70.0 Å². The Labute approximate surface area is 305 Å². The van der Waals surface area contributed by atoms with Crippen molar-refractivity contribution < 1.29 is 42.1 Å². The molecule has 0 rings (SSSR count). The van der Waals surface area contributed by atoms with E-state index < -0.39 is 32.5 Å². The summed E-state index contributed by atoms with van der Waals surface area (Å²) >= 11 is 0. The van der Waals surface area contributed by atoms with Gasteiger partial charge < -0.3 is 27.9 Å². The van der Waals surface area contributed by atoms with Gasteiger partial charge in [0.15, 0.2) is 6.10 Å². The molecular formula is C40H70NO8P. The van der Waals surface area contributed by atoms with Gasteiger partial charge >= 0.3 is 11.9 Å². The van der Waals surface area contributed by atoms with E-state index in [0.717, 1.165) is 51.4 Å². The molecule has 288 valence electrons. The van der Waals surface area contributed by atoms with Crippen molar-refractivity contribution in [2.24, 2.45) is 0 Å². The van der Waals surface area contributed by atoms with E-state index in [9.17, 15) is 19.0 Å². The monoisotopic (exact) mass is 723 g/mol. The number of phosphoric acid groups is 1. The molecule has 0 saturated heterocycles. The average molecular weight is 724 g/mol. The van der Waals surface area contributed by atoms with E-state index in [0.29, 0.717) is 23.9 Å². The van der Waals surface area contributed by atoms with Gasteiger partial charge in [0, 0.05) is 12.8 Å². The van der Waals surface area contributed by atoms with E-state index in [4.69, 9.17) is 18.5 Å². The molecule has 0 aromatic heterocycles. The molecule has 0 radical (unpaired) electrons. The van der Waals surface area contributed by atoms with Crippen LogP contribution in [0.5, 0.6) is 0 Å². The molecule has 0 amide bonds. The third-order valence-electron chi connectivity index (χ3n) is 7.60. The average Bonchev–Trinajstić information content (AvgIpc) is 3.06. The third-order valence-corrected chi connectivity index (χ3v) is 8.56. The van der Waals surface area contributed by atoms with Gasteiger partial charge in [0.1, 0.15) is 19.8 Å². The lowest BCUT2D eigenvalue weighted by molar-refractivity contribution is -0.870. The number of esters is 2. The Kier molecular flexibility index (Phi) is 31.1. The summed E-state index contributed by atoms with van der Waals surface area (Å²) in [5.74, 6) is -0.946. The highest BCUT2D eigenvalue weighted by atomic mass is 31.2. The standard InChI is InChI=1S/C40H70NO8P/c1-6-8-10-12-14-16-18-20-22-24-26-28-30-32-39(42)46-36-38(37-48-50(44,45)47-35-34-41(3,4)5)49-40(43)33-31-29-27-25-23-21-19-17-15-13-11-9-7-2/h8,10,12,14,16,18,21,23,27,29,38H,6-7,9,11,13,15,17,19-20,22,24-26,28,30-37H2,1-5H3/b10-8+,14-12+,18-16+,23-21+,29-27+. The number of allylic oxidation sites excluding steroid dienone is 10. The molecule has 0 saturated carbocycles. The molecule has 0 spiro atoms. The Morgan fingerprint density at radius 2 is 1.26 bits per heavy atom. The lowest BCUT2D eigenvalue weighted by atomic mass is 10.1. The van der Waals surface area contributed by atoms with Crippen LogP contribution in [-0.2, 0) is 32.7 Å². The van der Waals surface area contributed by atoms with Crippen molar-refractivity contribution in [3.8, 4) is 0 Å². The second-order valence-corrected chi connectivity index (χ2v) is 15.0. The lowest BCUT2D eigenvalue weighted by Gasteiger charge is -2.28. The number of nitrogens with zero attached hydrogens (tertiary/aromatic N) is 1. The Bertz CT molecular complexity index is 1040. The summed E-state index contributed by atoms with van der Waals surface area (Å²) in [4.78, 5) is 37.3. The molecule has 0 aliphatic carbocycles. The zero-order chi connectivity index (χ0) is 37.2. The van der Waals surface area contributed by atoms with Crippen molar-refractivity contribution in [3.05, 3.63) is 60.8 Å². The van der Waals surface area contributed by atoms with E-state index in [-0.39, 0.29) is 26.1 Å². The van der Waals surface area contributed by atoms with Gasteiger partial charge in [-0.3, -0.25) is 14.2 Å². The largest absolute Gasteiger partial charge is 0.756 e. The fraction of sp³-hybridized carbons (Fsp3) is 0.700. The van der Waals surface area contributed by atoms with Crippen molar-refractivity contribution >= 4 is 19.8 Å². The molecule has 0 N–H and O–H groups in total. The number of likely N-dealkylation sites (N-methyl/N-ethyl adjacent to an activating group) is 1. The Morgan fingerprint density at radius 3 is 1.92 bits per heavy atom. The number of quaternary nitrogens is 1. The summed E-state index contributed by atoms with van der Waals surface area (Å²) < 4.78 is 33.6. The highest BCUT2D eigenvalue weighted by Gasteiger charge is 2.21. The van der Waals surface area contributed by atoms with Crippen LogP contribution in [0.15, 0.2) is 60.8 Å². The first kappa shape index (κ1) is 47.7. The van der Waals surface area contributed by atoms with Gasteiger partial charge in [0.05, 0.1) is 27.7 Å². The van der Waals surface area contributed by atoms with Crippen molar-refractivity contribution in [2.75, 3.05) is 47.5 Å². The van der Waals surface area contributed by atoms with Crippen LogP contribution < -0.4 is 4.89 Å². The summed E-state index contributed by atoms with van der Waals surface area (Å²) in [5.41, 5.74) is 0. The third kappa shape index (κ3) is 35.5. The van der Waals surface area contributed by atoms with Crippen LogP contribution in [0.25, 0.3) is 0 Å². The van der Waals surface area contributed by atoms with Gasteiger partial charge in [-0.2, -0.15) is 0 Å². The highest BCUT2D eigenvalue weighted by molar-refractivity contribution is 7.45. The lowest BCUT2D eigenvalue weighted by Crippen LogP contribution is -2.37. The normalized spacial score (nSPS) is 14.4. The number of unbranched alkanes of at least 4 members (excludes halogenated alkanes) is 11. The second-order valence-electron chi connectivity index (χ2n) is 13.6. The molecule has 50 heavy (non-hydrogen) atoms. The molecule has 0 aromatic rings. The topological polar surface area (TPSA) is 111 Å². The van der Waals surface area contributed by atoms with Crippen LogP contribution in [0.3, 0.4) is 0 Å². The maximum Gasteiger partial charge on any atom is 0.306 e. The van der Waals surface area contributed by atoms with Gasteiger partial charge in [-0.05, 0) is 51.4 Å². The van der Waals surface area contributed by atoms with Gasteiger partial charge in [-0.15, -0.1) is 0 Å². The van der Waals surface area contributed by atoms with Crippen molar-refractivity contribution in [3.63, 3.8) is 0 Å². The quantitative estimate of drug-likeness (QED) is 0.0164. The SMILES string of the molecule is CC/C=C/C=C/C=C/CCCCCCCC(=O)OCC(COP(=O)([O-])OCC[N+](C)(C)C)OC(=O)CC/C=C/C/C=C/CCCCCCCC. The van der Waals surface area contributed by atoms with Crippen LogP contribution in [0, 0.1) is 0 Å². The van der Waals surface area contributed by atoms with E-state index in [1.54, 1.807) is 0 Å². The predicted octanol–water partition coefficient (Wildman–Crippen LogP) is 9.49. The fourth-order valence-corrected chi connectivity index (χ4v) is 5.32. The minimum Gasteiger partial charge on any atom is -0.756 e. The van der Waals surface area contributed by atoms with Crippen molar-refractivity contribution in [1.82, 2.24) is 0 Å². The van der Waals surface area contributed by atoms with Gasteiger partial charge in [-0.1, -0.05) is 126 Å². The first-order valence-electron chi connectivity index (χ1n) is 19.0. The molecule has 2 atom stereocenters. The Morgan fingerprint density at radius 1 is 0.660 bits per heavy atom. The summed E-state index contributed by atoms with van der Waals surface area (Å²) in [5, 5.41) is 0. The molecule has 0 heterocycles. The number of rotatable bonds is 33. The van der Waals surface area contributed by atoms with E-state index in [2.05, 4.69) is 44.2 Å². The molecule has 0 fully saturated rings. The molecule has 0 aromatic carbocycles. The van der Waals surface area contributed by atoms with Gasteiger partial charge in [0.2, 0.25) is 0 Å². The van der Waals surface area contributed by atoms with Crippen LogP contribution >= 0.6 is 7.82 Å².